The molecular weight excluding hydrogens is 468 g/mol. The van der Waals surface area contributed by atoms with Gasteiger partial charge in [-0.15, -0.1) is 0 Å². The number of aryl methyl sites for hydroxylation is 1. The van der Waals surface area contributed by atoms with E-state index >= 15 is 4.39 Å². The second-order valence-corrected chi connectivity index (χ2v) is 8.75. The van der Waals surface area contributed by atoms with Gasteiger partial charge in [0.1, 0.15) is 17.3 Å². The van der Waals surface area contributed by atoms with E-state index in [1.54, 1.807) is 37.3 Å². The van der Waals surface area contributed by atoms with Crippen LogP contribution in [0.1, 0.15) is 27.2 Å². The van der Waals surface area contributed by atoms with Crippen LogP contribution in [0.25, 0.3) is 27.5 Å². The standard InChI is InChI=1S/C26H19F2N5O3/c1-13-6-17-22(9-18(13)27)32(11-15-8-21-14(7-19(15)28)10-29-31-21)23(12-34)24(17)33-25(35)16-4-2-3-5-20(16)30-26(33)36/h2-9,12,29,31H,10-11H2,1H3,(H,30,36). The molecule has 5 aromatic rings. The normalized spacial score (nSPS) is 12.8. The summed E-state index contributed by atoms with van der Waals surface area (Å²) in [4.78, 5) is 41.7. The highest BCUT2D eigenvalue weighted by Crippen LogP contribution is 2.32. The maximum Gasteiger partial charge on any atom is 0.333 e. The number of halogens is 2. The molecule has 0 saturated heterocycles. The highest BCUT2D eigenvalue weighted by atomic mass is 19.1. The van der Waals surface area contributed by atoms with Crippen LogP contribution in [-0.2, 0) is 13.1 Å². The number of rotatable bonds is 4. The molecule has 0 fully saturated rings. The molecular formula is C26H19F2N5O3. The highest BCUT2D eigenvalue weighted by molar-refractivity contribution is 5.99. The lowest BCUT2D eigenvalue weighted by atomic mass is 10.1. The minimum Gasteiger partial charge on any atom is -0.332 e. The van der Waals surface area contributed by atoms with E-state index in [4.69, 9.17) is 0 Å². The Labute approximate surface area is 201 Å². The molecule has 3 N–H and O–H groups in total. The van der Waals surface area contributed by atoms with Gasteiger partial charge < -0.3 is 15.0 Å². The number of hydrogen-bond acceptors (Lipinski definition) is 5. The van der Waals surface area contributed by atoms with Crippen molar-refractivity contribution in [3.8, 4) is 5.69 Å². The first-order valence-electron chi connectivity index (χ1n) is 11.2. The Morgan fingerprint density at radius 2 is 1.83 bits per heavy atom. The number of carbonyl (C=O) groups excluding carboxylic acids is 1. The zero-order valence-electron chi connectivity index (χ0n) is 19.0. The number of fused-ring (bicyclic) bond motifs is 3. The third-order valence-corrected chi connectivity index (χ3v) is 6.60. The molecule has 0 spiro atoms. The number of nitrogens with zero attached hydrogens (tertiary/aromatic N) is 2. The molecule has 3 heterocycles. The molecule has 36 heavy (non-hydrogen) atoms. The number of hydrogen-bond donors (Lipinski definition) is 3. The van der Waals surface area contributed by atoms with Crippen LogP contribution < -0.4 is 22.1 Å². The number of aldehydes is 1. The molecule has 1 aliphatic heterocycles. The second kappa shape index (κ2) is 7.99. The number of benzene rings is 3. The Balaban J connectivity index is 1.68. The van der Waals surface area contributed by atoms with Gasteiger partial charge in [-0.25, -0.2) is 23.6 Å². The molecule has 10 heteroatoms. The zero-order chi connectivity index (χ0) is 25.1. The van der Waals surface area contributed by atoms with Crippen LogP contribution >= 0.6 is 0 Å². The Bertz CT molecular complexity index is 1850. The summed E-state index contributed by atoms with van der Waals surface area (Å²) >= 11 is 0. The summed E-state index contributed by atoms with van der Waals surface area (Å²) in [6.07, 6.45) is 0.495. The van der Waals surface area contributed by atoms with Crippen LogP contribution in [-0.4, -0.2) is 20.4 Å². The predicted molar refractivity (Wildman–Crippen MR) is 132 cm³/mol. The fourth-order valence-electron chi connectivity index (χ4n) is 4.82. The maximum absolute atomic E-state index is 15.0. The van der Waals surface area contributed by atoms with E-state index in [0.29, 0.717) is 29.4 Å². The van der Waals surface area contributed by atoms with Gasteiger partial charge in [-0.2, -0.15) is 0 Å². The number of hydrazine groups is 1. The van der Waals surface area contributed by atoms with Crippen molar-refractivity contribution in [1.82, 2.24) is 19.5 Å². The van der Waals surface area contributed by atoms with E-state index < -0.39 is 22.9 Å². The largest absolute Gasteiger partial charge is 0.333 e. The van der Waals surface area contributed by atoms with Crippen molar-refractivity contribution in [2.45, 2.75) is 20.0 Å². The van der Waals surface area contributed by atoms with Crippen molar-refractivity contribution < 1.29 is 13.6 Å². The van der Waals surface area contributed by atoms with Crippen molar-refractivity contribution in [3.05, 3.63) is 103 Å². The number of para-hydroxylation sites is 1. The van der Waals surface area contributed by atoms with Gasteiger partial charge in [0.25, 0.3) is 5.56 Å². The van der Waals surface area contributed by atoms with Gasteiger partial charge in [0.2, 0.25) is 0 Å². The lowest BCUT2D eigenvalue weighted by Gasteiger charge is -2.11. The molecule has 1 aliphatic rings. The van der Waals surface area contributed by atoms with Gasteiger partial charge in [-0.05, 0) is 54.4 Å². The molecule has 0 saturated carbocycles. The van der Waals surface area contributed by atoms with Crippen molar-refractivity contribution in [2.24, 2.45) is 0 Å². The summed E-state index contributed by atoms with van der Waals surface area (Å²) in [5.74, 6) is -1.03. The second-order valence-electron chi connectivity index (χ2n) is 8.75. The first kappa shape index (κ1) is 21.9. The van der Waals surface area contributed by atoms with Crippen molar-refractivity contribution in [2.75, 3.05) is 5.43 Å². The molecule has 0 bridgehead atoms. The molecule has 0 aliphatic carbocycles. The Morgan fingerprint density at radius 3 is 2.64 bits per heavy atom. The van der Waals surface area contributed by atoms with Gasteiger partial charge in [-0.1, -0.05) is 12.1 Å². The summed E-state index contributed by atoms with van der Waals surface area (Å²) in [6.45, 7) is 1.87. The van der Waals surface area contributed by atoms with Crippen molar-refractivity contribution in [1.29, 1.82) is 0 Å². The average Bonchev–Trinajstić information content (AvgIpc) is 3.42. The molecule has 3 aromatic carbocycles. The van der Waals surface area contributed by atoms with Gasteiger partial charge in [0, 0.05) is 17.5 Å². The summed E-state index contributed by atoms with van der Waals surface area (Å²) in [5.41, 5.74) is 7.02. The topological polar surface area (TPSA) is 101 Å². The van der Waals surface area contributed by atoms with E-state index in [-0.39, 0.29) is 40.0 Å². The summed E-state index contributed by atoms with van der Waals surface area (Å²) in [5, 5.41) is 0.567. The number of anilines is 1. The van der Waals surface area contributed by atoms with Crippen molar-refractivity contribution >= 4 is 33.8 Å². The third kappa shape index (κ3) is 3.18. The van der Waals surface area contributed by atoms with E-state index in [0.717, 1.165) is 10.1 Å². The van der Waals surface area contributed by atoms with Crippen LogP contribution in [0.5, 0.6) is 0 Å². The Kier molecular flexibility index (Phi) is 4.87. The Morgan fingerprint density at radius 1 is 1.03 bits per heavy atom. The number of H-pyrrole nitrogens is 1. The molecule has 0 unspecified atom stereocenters. The van der Waals surface area contributed by atoms with Gasteiger partial charge in [0.05, 0.1) is 34.3 Å². The fourth-order valence-corrected chi connectivity index (χ4v) is 4.82. The molecule has 6 rings (SSSR count). The first-order chi connectivity index (χ1) is 17.4. The number of carbonyl (C=O) groups is 1. The molecule has 0 atom stereocenters. The van der Waals surface area contributed by atoms with Crippen LogP contribution in [0.2, 0.25) is 0 Å². The molecule has 0 radical (unpaired) electrons. The minimum absolute atomic E-state index is 0.0152. The number of aromatic nitrogens is 3. The molecule has 2 aromatic heterocycles. The zero-order valence-corrected chi connectivity index (χ0v) is 19.0. The molecule has 180 valence electrons. The van der Waals surface area contributed by atoms with Gasteiger partial charge >= 0.3 is 5.69 Å². The predicted octanol–water partition coefficient (Wildman–Crippen LogP) is 3.51. The highest BCUT2D eigenvalue weighted by Gasteiger charge is 2.24. The summed E-state index contributed by atoms with van der Waals surface area (Å²) in [7, 11) is 0. The van der Waals surface area contributed by atoms with Crippen LogP contribution in [0.15, 0.2) is 58.1 Å². The number of aromatic amines is 1. The smallest absolute Gasteiger partial charge is 0.332 e. The monoisotopic (exact) mass is 487 g/mol. The Hall–Kier alpha value is -4.57. The maximum atomic E-state index is 15.0. The lowest BCUT2D eigenvalue weighted by Crippen LogP contribution is -2.34. The fraction of sp³-hybridized carbons (Fsp3) is 0.115. The van der Waals surface area contributed by atoms with E-state index in [2.05, 4.69) is 15.8 Å². The molecule has 0 amide bonds. The summed E-state index contributed by atoms with van der Waals surface area (Å²) < 4.78 is 32.0. The first-order valence-corrected chi connectivity index (χ1v) is 11.2. The minimum atomic E-state index is -0.748. The van der Waals surface area contributed by atoms with E-state index in [1.165, 1.54) is 22.8 Å². The van der Waals surface area contributed by atoms with E-state index in [1.807, 2.05) is 0 Å². The van der Waals surface area contributed by atoms with Crippen LogP contribution in [0, 0.1) is 18.6 Å². The SMILES string of the molecule is Cc1cc2c(-n3c(=O)[nH]c4ccccc4c3=O)c(C=O)n(Cc3cc4c(cc3F)CNN4)c2cc1F. The van der Waals surface area contributed by atoms with Gasteiger partial charge in [-0.3, -0.25) is 9.59 Å². The number of nitrogens with one attached hydrogen (secondary N) is 3. The van der Waals surface area contributed by atoms with Gasteiger partial charge in [0.15, 0.2) is 6.29 Å². The van der Waals surface area contributed by atoms with Crippen LogP contribution in [0.3, 0.4) is 0 Å². The van der Waals surface area contributed by atoms with E-state index in [9.17, 15) is 18.8 Å². The summed E-state index contributed by atoms with van der Waals surface area (Å²) in [6, 6.07) is 12.2. The van der Waals surface area contributed by atoms with Crippen LogP contribution in [0.4, 0.5) is 14.5 Å². The third-order valence-electron chi connectivity index (χ3n) is 6.60. The quantitative estimate of drug-likeness (QED) is 0.337. The van der Waals surface area contributed by atoms with Crippen molar-refractivity contribution in [3.63, 3.8) is 0 Å². The lowest BCUT2D eigenvalue weighted by molar-refractivity contribution is 0.111. The average molecular weight is 487 g/mol. The molecule has 8 nitrogen and oxygen atoms in total.